The molecular formula is C13H18FNO. The first-order valence-electron chi connectivity index (χ1n) is 5.68. The zero-order valence-electron chi connectivity index (χ0n) is 9.98. The number of likely N-dealkylation sites (N-methyl/N-ethyl adjacent to an activating group) is 1. The van der Waals surface area contributed by atoms with Crippen LogP contribution in [0.2, 0.25) is 0 Å². The Hall–Kier alpha value is -0.930. The molecule has 0 radical (unpaired) electrons. The zero-order valence-corrected chi connectivity index (χ0v) is 9.98. The number of ether oxygens (including phenoxy) is 1. The minimum Gasteiger partial charge on any atom is -0.370 e. The molecule has 1 aromatic carbocycles. The largest absolute Gasteiger partial charge is 0.370 e. The van der Waals surface area contributed by atoms with E-state index < -0.39 is 0 Å². The Labute approximate surface area is 96.0 Å². The van der Waals surface area contributed by atoms with Crippen LogP contribution < -0.4 is 0 Å². The van der Waals surface area contributed by atoms with Gasteiger partial charge in [-0.15, -0.1) is 0 Å². The van der Waals surface area contributed by atoms with E-state index in [1.807, 2.05) is 6.07 Å². The molecule has 1 heterocycles. The minimum absolute atomic E-state index is 0.0306. The maximum atomic E-state index is 13.2. The van der Waals surface area contributed by atoms with Crippen molar-refractivity contribution in [2.45, 2.75) is 32.0 Å². The standard InChI is InChI=1S/C13H18FNO/c1-9-8-16-13(10(2)15(9)3)11-5-4-6-12(14)7-11/h4-7,9-10,13H,8H2,1-3H3. The first kappa shape index (κ1) is 11.6. The van der Waals surface area contributed by atoms with Gasteiger partial charge in [0.15, 0.2) is 0 Å². The molecular weight excluding hydrogens is 205 g/mol. The highest BCUT2D eigenvalue weighted by Gasteiger charge is 2.31. The second kappa shape index (κ2) is 4.52. The number of benzene rings is 1. The molecule has 0 N–H and O–H groups in total. The number of hydrogen-bond donors (Lipinski definition) is 0. The molecule has 2 rings (SSSR count). The van der Waals surface area contributed by atoms with Crippen LogP contribution in [0.3, 0.4) is 0 Å². The predicted octanol–water partition coefficient (Wildman–Crippen LogP) is 2.61. The first-order valence-corrected chi connectivity index (χ1v) is 5.68. The molecule has 88 valence electrons. The van der Waals surface area contributed by atoms with Crippen molar-refractivity contribution in [2.75, 3.05) is 13.7 Å². The summed E-state index contributed by atoms with van der Waals surface area (Å²) in [7, 11) is 2.09. The highest BCUT2D eigenvalue weighted by molar-refractivity contribution is 5.20. The molecule has 0 aliphatic carbocycles. The fourth-order valence-corrected chi connectivity index (χ4v) is 2.17. The van der Waals surface area contributed by atoms with Crippen molar-refractivity contribution in [2.24, 2.45) is 0 Å². The lowest BCUT2D eigenvalue weighted by Crippen LogP contribution is -2.48. The molecule has 1 aromatic rings. The van der Waals surface area contributed by atoms with Crippen molar-refractivity contribution >= 4 is 0 Å². The molecule has 0 aromatic heterocycles. The van der Waals surface area contributed by atoms with Gasteiger partial charge in [0, 0.05) is 12.1 Å². The van der Waals surface area contributed by atoms with Gasteiger partial charge in [-0.2, -0.15) is 0 Å². The van der Waals surface area contributed by atoms with Crippen molar-refractivity contribution in [3.63, 3.8) is 0 Å². The second-order valence-electron chi connectivity index (χ2n) is 4.56. The van der Waals surface area contributed by atoms with Gasteiger partial charge in [-0.05, 0) is 38.6 Å². The average molecular weight is 223 g/mol. The summed E-state index contributed by atoms with van der Waals surface area (Å²) >= 11 is 0. The van der Waals surface area contributed by atoms with Gasteiger partial charge in [0.05, 0.1) is 12.7 Å². The molecule has 3 heteroatoms. The van der Waals surface area contributed by atoms with Crippen molar-refractivity contribution in [1.29, 1.82) is 0 Å². The van der Waals surface area contributed by atoms with Crippen LogP contribution in [0.5, 0.6) is 0 Å². The van der Waals surface area contributed by atoms with E-state index >= 15 is 0 Å². The highest BCUT2D eigenvalue weighted by atomic mass is 19.1. The number of hydrogen-bond acceptors (Lipinski definition) is 2. The lowest BCUT2D eigenvalue weighted by molar-refractivity contribution is -0.0853. The summed E-state index contributed by atoms with van der Waals surface area (Å²) in [6.45, 7) is 4.95. The Balaban J connectivity index is 2.21. The van der Waals surface area contributed by atoms with Crippen molar-refractivity contribution in [3.8, 4) is 0 Å². The molecule has 1 saturated heterocycles. The summed E-state index contributed by atoms with van der Waals surface area (Å²) in [4.78, 5) is 2.28. The van der Waals surface area contributed by atoms with Gasteiger partial charge in [0.25, 0.3) is 0 Å². The summed E-state index contributed by atoms with van der Waals surface area (Å²) in [6, 6.07) is 7.37. The van der Waals surface area contributed by atoms with Crippen molar-refractivity contribution < 1.29 is 9.13 Å². The van der Waals surface area contributed by atoms with E-state index in [0.717, 1.165) is 5.56 Å². The maximum absolute atomic E-state index is 13.2. The normalized spacial score (nSPS) is 31.6. The number of halogens is 1. The fraction of sp³-hybridized carbons (Fsp3) is 0.538. The minimum atomic E-state index is -0.199. The smallest absolute Gasteiger partial charge is 0.123 e. The lowest BCUT2D eigenvalue weighted by Gasteiger charge is -2.41. The third-order valence-electron chi connectivity index (χ3n) is 3.47. The van der Waals surface area contributed by atoms with Crippen LogP contribution in [-0.2, 0) is 4.74 Å². The lowest BCUT2D eigenvalue weighted by atomic mass is 9.99. The maximum Gasteiger partial charge on any atom is 0.123 e. The van der Waals surface area contributed by atoms with Gasteiger partial charge in [0.2, 0.25) is 0 Å². The summed E-state index contributed by atoms with van der Waals surface area (Å²) < 4.78 is 19.0. The third-order valence-corrected chi connectivity index (χ3v) is 3.47. The van der Waals surface area contributed by atoms with Crippen molar-refractivity contribution in [1.82, 2.24) is 4.90 Å². The van der Waals surface area contributed by atoms with Gasteiger partial charge < -0.3 is 4.74 Å². The van der Waals surface area contributed by atoms with E-state index in [9.17, 15) is 4.39 Å². The molecule has 1 fully saturated rings. The fourth-order valence-electron chi connectivity index (χ4n) is 2.17. The molecule has 16 heavy (non-hydrogen) atoms. The van der Waals surface area contributed by atoms with Crippen LogP contribution in [0.25, 0.3) is 0 Å². The van der Waals surface area contributed by atoms with Crippen LogP contribution >= 0.6 is 0 Å². The first-order chi connectivity index (χ1) is 7.59. The van der Waals surface area contributed by atoms with Gasteiger partial charge in [-0.3, -0.25) is 4.90 Å². The quantitative estimate of drug-likeness (QED) is 0.725. The van der Waals surface area contributed by atoms with E-state index in [4.69, 9.17) is 4.74 Å². The van der Waals surface area contributed by atoms with E-state index in [1.54, 1.807) is 12.1 Å². The van der Waals surface area contributed by atoms with Gasteiger partial charge in [0.1, 0.15) is 5.82 Å². The third kappa shape index (κ3) is 2.11. The van der Waals surface area contributed by atoms with Crippen LogP contribution in [0.4, 0.5) is 4.39 Å². The highest BCUT2D eigenvalue weighted by Crippen LogP contribution is 2.29. The molecule has 3 unspecified atom stereocenters. The number of rotatable bonds is 1. The SMILES string of the molecule is CC1COC(c2cccc(F)c2)C(C)N1C. The van der Waals surface area contributed by atoms with Gasteiger partial charge in [-0.25, -0.2) is 4.39 Å². The van der Waals surface area contributed by atoms with E-state index in [0.29, 0.717) is 12.6 Å². The Kier molecular flexibility index (Phi) is 3.26. The Morgan fingerprint density at radius 2 is 2.12 bits per heavy atom. The monoisotopic (exact) mass is 223 g/mol. The van der Waals surface area contributed by atoms with E-state index in [-0.39, 0.29) is 18.0 Å². The number of morpholine rings is 1. The number of nitrogens with zero attached hydrogens (tertiary/aromatic N) is 1. The van der Waals surface area contributed by atoms with Crippen LogP contribution in [0, 0.1) is 5.82 Å². The zero-order chi connectivity index (χ0) is 11.7. The van der Waals surface area contributed by atoms with Crippen LogP contribution in [0.15, 0.2) is 24.3 Å². The average Bonchev–Trinajstić information content (AvgIpc) is 2.26. The van der Waals surface area contributed by atoms with Gasteiger partial charge >= 0.3 is 0 Å². The summed E-state index contributed by atoms with van der Waals surface area (Å²) in [5, 5.41) is 0. The molecule has 0 saturated carbocycles. The van der Waals surface area contributed by atoms with Crippen LogP contribution in [0.1, 0.15) is 25.5 Å². The van der Waals surface area contributed by atoms with E-state index in [2.05, 4.69) is 25.8 Å². The molecule has 0 bridgehead atoms. The van der Waals surface area contributed by atoms with E-state index in [1.165, 1.54) is 6.07 Å². The second-order valence-corrected chi connectivity index (χ2v) is 4.56. The Morgan fingerprint density at radius 3 is 2.81 bits per heavy atom. The molecule has 3 atom stereocenters. The summed E-state index contributed by atoms with van der Waals surface area (Å²) in [5.41, 5.74) is 0.922. The molecule has 1 aliphatic rings. The summed E-state index contributed by atoms with van der Waals surface area (Å²) in [5.74, 6) is -0.199. The molecule has 0 spiro atoms. The topological polar surface area (TPSA) is 12.5 Å². The Morgan fingerprint density at radius 1 is 1.38 bits per heavy atom. The van der Waals surface area contributed by atoms with Gasteiger partial charge in [-0.1, -0.05) is 12.1 Å². The Bertz CT molecular complexity index is 369. The predicted molar refractivity (Wildman–Crippen MR) is 61.8 cm³/mol. The van der Waals surface area contributed by atoms with Crippen molar-refractivity contribution in [3.05, 3.63) is 35.6 Å². The molecule has 2 nitrogen and oxygen atoms in total. The van der Waals surface area contributed by atoms with Crippen LogP contribution in [-0.4, -0.2) is 30.6 Å². The summed E-state index contributed by atoms with van der Waals surface area (Å²) in [6.07, 6.45) is -0.0306. The molecule has 0 amide bonds. The molecule has 1 aliphatic heterocycles.